The molecule has 0 bridgehead atoms. The van der Waals surface area contributed by atoms with Gasteiger partial charge in [0.15, 0.2) is 0 Å². The quantitative estimate of drug-likeness (QED) is 0.882. The molecule has 0 saturated carbocycles. The Morgan fingerprint density at radius 2 is 2.11 bits per heavy atom. The van der Waals surface area contributed by atoms with Crippen LogP contribution < -0.4 is 5.32 Å². The van der Waals surface area contributed by atoms with Gasteiger partial charge in [-0.05, 0) is 26.0 Å². The van der Waals surface area contributed by atoms with Gasteiger partial charge in [-0.15, -0.1) is 0 Å². The number of hydrogen-bond donors (Lipinski definition) is 1. The van der Waals surface area contributed by atoms with Crippen LogP contribution in [-0.4, -0.2) is 43.8 Å². The molecule has 1 fully saturated rings. The maximum Gasteiger partial charge on any atom is 0.0675 e. The molecule has 1 aromatic carbocycles. The number of nitrogens with one attached hydrogen (secondary N) is 1. The van der Waals surface area contributed by atoms with E-state index in [0.29, 0.717) is 18.2 Å². The van der Waals surface area contributed by atoms with Crippen LogP contribution in [0.3, 0.4) is 0 Å². The Labute approximate surface area is 116 Å². The van der Waals surface area contributed by atoms with Crippen LogP contribution in [-0.2, 0) is 4.74 Å². The Kier molecular flexibility index (Phi) is 5.37. The van der Waals surface area contributed by atoms with Gasteiger partial charge in [-0.2, -0.15) is 0 Å². The summed E-state index contributed by atoms with van der Waals surface area (Å²) >= 11 is 0. The second kappa shape index (κ2) is 7.04. The third-order valence-corrected chi connectivity index (χ3v) is 3.96. The fraction of sp³-hybridized carbons (Fsp3) is 0.625. The summed E-state index contributed by atoms with van der Waals surface area (Å²) < 4.78 is 5.81. The van der Waals surface area contributed by atoms with Crippen LogP contribution in [0.4, 0.5) is 0 Å². The Morgan fingerprint density at radius 1 is 1.37 bits per heavy atom. The molecule has 3 nitrogen and oxygen atoms in total. The maximum absolute atomic E-state index is 5.81. The van der Waals surface area contributed by atoms with Crippen LogP contribution in [0, 0.1) is 0 Å². The van der Waals surface area contributed by atoms with Crippen LogP contribution in [0.5, 0.6) is 0 Å². The molecule has 1 N–H and O–H groups in total. The smallest absolute Gasteiger partial charge is 0.0675 e. The molecule has 3 unspecified atom stereocenters. The van der Waals surface area contributed by atoms with Crippen molar-refractivity contribution in [2.75, 3.05) is 26.7 Å². The minimum absolute atomic E-state index is 0.325. The van der Waals surface area contributed by atoms with Crippen LogP contribution in [0.1, 0.15) is 31.9 Å². The van der Waals surface area contributed by atoms with Gasteiger partial charge in [0, 0.05) is 25.2 Å². The van der Waals surface area contributed by atoms with Gasteiger partial charge in [0.2, 0.25) is 0 Å². The lowest BCUT2D eigenvalue weighted by Crippen LogP contribution is -2.51. The van der Waals surface area contributed by atoms with Crippen molar-refractivity contribution >= 4 is 0 Å². The molecule has 0 aliphatic carbocycles. The normalized spacial score (nSPS) is 26.3. The first-order valence-electron chi connectivity index (χ1n) is 7.33. The van der Waals surface area contributed by atoms with E-state index in [-0.39, 0.29) is 0 Å². The Morgan fingerprint density at radius 3 is 2.74 bits per heavy atom. The van der Waals surface area contributed by atoms with Gasteiger partial charge in [0.25, 0.3) is 0 Å². The number of ether oxygens (including phenoxy) is 1. The highest BCUT2D eigenvalue weighted by Crippen LogP contribution is 2.27. The van der Waals surface area contributed by atoms with Crippen molar-refractivity contribution in [3.63, 3.8) is 0 Å². The molecule has 2 rings (SSSR count). The molecule has 1 aromatic rings. The molecule has 106 valence electrons. The molecule has 1 aliphatic heterocycles. The van der Waals surface area contributed by atoms with Crippen LogP contribution >= 0.6 is 0 Å². The van der Waals surface area contributed by atoms with E-state index in [9.17, 15) is 0 Å². The first kappa shape index (κ1) is 14.5. The number of nitrogens with zero attached hydrogens (tertiary/aromatic N) is 1. The Balaban J connectivity index is 2.21. The van der Waals surface area contributed by atoms with Crippen molar-refractivity contribution in [2.45, 2.75) is 38.5 Å². The van der Waals surface area contributed by atoms with Gasteiger partial charge in [-0.1, -0.05) is 37.3 Å². The predicted octanol–water partition coefficient (Wildman–Crippen LogP) is 2.45. The van der Waals surface area contributed by atoms with E-state index in [1.165, 1.54) is 5.56 Å². The molecule has 19 heavy (non-hydrogen) atoms. The second-order valence-electron chi connectivity index (χ2n) is 5.39. The molecule has 1 aliphatic rings. The lowest BCUT2D eigenvalue weighted by Gasteiger charge is -2.43. The second-order valence-corrected chi connectivity index (χ2v) is 5.39. The average molecular weight is 262 g/mol. The number of benzene rings is 1. The van der Waals surface area contributed by atoms with E-state index in [1.54, 1.807) is 0 Å². The monoisotopic (exact) mass is 262 g/mol. The van der Waals surface area contributed by atoms with Crippen molar-refractivity contribution in [1.82, 2.24) is 10.2 Å². The highest BCUT2D eigenvalue weighted by Gasteiger charge is 2.31. The zero-order valence-electron chi connectivity index (χ0n) is 12.3. The van der Waals surface area contributed by atoms with Gasteiger partial charge < -0.3 is 10.1 Å². The van der Waals surface area contributed by atoms with Gasteiger partial charge >= 0.3 is 0 Å². The SMILES string of the molecule is CCC1COC(C)CN1C(CNC)c1ccccc1. The summed E-state index contributed by atoms with van der Waals surface area (Å²) in [5, 5.41) is 3.34. The Hall–Kier alpha value is -0.900. The molecule has 3 atom stereocenters. The van der Waals surface area contributed by atoms with Gasteiger partial charge in [-0.25, -0.2) is 0 Å². The molecule has 0 radical (unpaired) electrons. The third kappa shape index (κ3) is 3.56. The number of rotatable bonds is 5. The first-order chi connectivity index (χ1) is 9.26. The molecule has 0 amide bonds. The van der Waals surface area contributed by atoms with Gasteiger partial charge in [-0.3, -0.25) is 4.90 Å². The minimum atomic E-state index is 0.325. The van der Waals surface area contributed by atoms with E-state index in [0.717, 1.165) is 26.1 Å². The van der Waals surface area contributed by atoms with E-state index in [4.69, 9.17) is 4.74 Å². The number of hydrogen-bond acceptors (Lipinski definition) is 3. The average Bonchev–Trinajstić information content (AvgIpc) is 2.45. The summed E-state index contributed by atoms with van der Waals surface area (Å²) in [5.74, 6) is 0. The van der Waals surface area contributed by atoms with Gasteiger partial charge in [0.1, 0.15) is 0 Å². The van der Waals surface area contributed by atoms with Crippen molar-refractivity contribution < 1.29 is 4.74 Å². The highest BCUT2D eigenvalue weighted by molar-refractivity contribution is 5.20. The Bertz CT molecular complexity index is 368. The molecule has 0 aromatic heterocycles. The molecular formula is C16H26N2O. The molecule has 0 spiro atoms. The largest absolute Gasteiger partial charge is 0.376 e. The summed E-state index contributed by atoms with van der Waals surface area (Å²) in [6.45, 7) is 7.26. The summed E-state index contributed by atoms with van der Waals surface area (Å²) in [4.78, 5) is 2.61. The predicted molar refractivity (Wildman–Crippen MR) is 79.3 cm³/mol. The lowest BCUT2D eigenvalue weighted by molar-refractivity contribution is -0.0728. The van der Waals surface area contributed by atoms with E-state index < -0.39 is 0 Å². The molecular weight excluding hydrogens is 236 g/mol. The summed E-state index contributed by atoms with van der Waals surface area (Å²) in [6, 6.07) is 11.8. The summed E-state index contributed by atoms with van der Waals surface area (Å²) in [6.07, 6.45) is 1.46. The van der Waals surface area contributed by atoms with Crippen molar-refractivity contribution in [3.05, 3.63) is 35.9 Å². The minimum Gasteiger partial charge on any atom is -0.376 e. The standard InChI is InChI=1S/C16H26N2O/c1-4-15-12-19-13(2)11-18(15)16(10-17-3)14-8-6-5-7-9-14/h5-9,13,15-17H,4,10-12H2,1-3H3. The summed E-state index contributed by atoms with van der Waals surface area (Å²) in [7, 11) is 2.03. The van der Waals surface area contributed by atoms with Crippen molar-refractivity contribution in [3.8, 4) is 0 Å². The van der Waals surface area contributed by atoms with E-state index in [2.05, 4.69) is 54.4 Å². The molecule has 1 heterocycles. The first-order valence-corrected chi connectivity index (χ1v) is 7.33. The maximum atomic E-state index is 5.81. The van der Waals surface area contributed by atoms with E-state index in [1.807, 2.05) is 7.05 Å². The van der Waals surface area contributed by atoms with Crippen LogP contribution in [0.2, 0.25) is 0 Å². The van der Waals surface area contributed by atoms with Crippen LogP contribution in [0.15, 0.2) is 30.3 Å². The number of morpholine rings is 1. The highest BCUT2D eigenvalue weighted by atomic mass is 16.5. The van der Waals surface area contributed by atoms with Gasteiger partial charge in [0.05, 0.1) is 12.7 Å². The zero-order chi connectivity index (χ0) is 13.7. The fourth-order valence-electron chi connectivity index (χ4n) is 2.90. The van der Waals surface area contributed by atoms with E-state index >= 15 is 0 Å². The van der Waals surface area contributed by atoms with Crippen LogP contribution in [0.25, 0.3) is 0 Å². The van der Waals surface area contributed by atoms with Crippen molar-refractivity contribution in [1.29, 1.82) is 0 Å². The number of likely N-dealkylation sites (N-methyl/N-ethyl adjacent to an activating group) is 1. The topological polar surface area (TPSA) is 24.5 Å². The molecule has 3 heteroatoms. The fourth-order valence-corrected chi connectivity index (χ4v) is 2.90. The molecule has 1 saturated heterocycles. The summed E-state index contributed by atoms with van der Waals surface area (Å²) in [5.41, 5.74) is 1.39. The van der Waals surface area contributed by atoms with Crippen molar-refractivity contribution in [2.24, 2.45) is 0 Å². The lowest BCUT2D eigenvalue weighted by atomic mass is 10.0. The zero-order valence-corrected chi connectivity index (χ0v) is 12.3. The third-order valence-electron chi connectivity index (χ3n) is 3.96.